The molecule has 1 saturated heterocycles. The first-order valence-electron chi connectivity index (χ1n) is 7.15. The first kappa shape index (κ1) is 13.9. The van der Waals surface area contributed by atoms with Crippen LogP contribution in [0.3, 0.4) is 0 Å². The van der Waals surface area contributed by atoms with Crippen molar-refractivity contribution in [3.63, 3.8) is 0 Å². The van der Waals surface area contributed by atoms with Gasteiger partial charge in [0.2, 0.25) is 0 Å². The molecule has 0 radical (unpaired) electrons. The molecule has 21 heavy (non-hydrogen) atoms. The minimum atomic E-state index is -1.31. The quantitative estimate of drug-likeness (QED) is 0.855. The van der Waals surface area contributed by atoms with Gasteiger partial charge in [-0.05, 0) is 18.1 Å². The summed E-state index contributed by atoms with van der Waals surface area (Å²) in [5.74, 6) is -0.520. The van der Waals surface area contributed by atoms with Crippen molar-refractivity contribution in [2.75, 3.05) is 7.11 Å². The van der Waals surface area contributed by atoms with E-state index < -0.39 is 12.1 Å². The van der Waals surface area contributed by atoms with Crippen molar-refractivity contribution in [2.24, 2.45) is 0 Å². The van der Waals surface area contributed by atoms with Crippen LogP contribution in [-0.2, 0) is 20.8 Å². The fourth-order valence-electron chi connectivity index (χ4n) is 2.79. The Kier molecular flexibility index (Phi) is 3.59. The Hall–Kier alpha value is -2.01. The molecule has 0 aromatic heterocycles. The Morgan fingerprint density at radius 3 is 2.76 bits per heavy atom. The van der Waals surface area contributed by atoms with Gasteiger partial charge in [0.1, 0.15) is 6.04 Å². The molecule has 5 heteroatoms. The van der Waals surface area contributed by atoms with Crippen molar-refractivity contribution < 1.29 is 19.0 Å². The lowest BCUT2D eigenvalue weighted by molar-refractivity contribution is -0.332. The van der Waals surface area contributed by atoms with Crippen molar-refractivity contribution in [1.29, 1.82) is 0 Å². The lowest BCUT2D eigenvalue weighted by Crippen LogP contribution is -2.50. The van der Waals surface area contributed by atoms with Gasteiger partial charge in [0, 0.05) is 20.1 Å². The van der Waals surface area contributed by atoms with Crippen LogP contribution in [-0.4, -0.2) is 30.1 Å². The van der Waals surface area contributed by atoms with Crippen LogP contribution >= 0.6 is 0 Å². The van der Waals surface area contributed by atoms with Crippen molar-refractivity contribution in [2.45, 2.75) is 38.3 Å². The lowest BCUT2D eigenvalue weighted by atomic mass is 10.1. The first-order chi connectivity index (χ1) is 10.2. The van der Waals surface area contributed by atoms with Crippen molar-refractivity contribution in [1.82, 2.24) is 4.90 Å². The van der Waals surface area contributed by atoms with E-state index in [4.69, 9.17) is 14.2 Å². The summed E-state index contributed by atoms with van der Waals surface area (Å²) in [5, 5.41) is 0. The van der Waals surface area contributed by atoms with Gasteiger partial charge in [-0.15, -0.1) is 0 Å². The van der Waals surface area contributed by atoms with E-state index in [-0.39, 0.29) is 6.04 Å². The summed E-state index contributed by atoms with van der Waals surface area (Å²) >= 11 is 0. The molecule has 0 bridgehead atoms. The third-order valence-electron chi connectivity index (χ3n) is 3.92. The van der Waals surface area contributed by atoms with Gasteiger partial charge in [0.25, 0.3) is 0 Å². The lowest BCUT2D eigenvalue weighted by Gasteiger charge is -2.36. The zero-order chi connectivity index (χ0) is 14.9. The van der Waals surface area contributed by atoms with Gasteiger partial charge in [-0.25, -0.2) is 4.79 Å². The number of hydrogen-bond donors (Lipinski definition) is 0. The van der Waals surface area contributed by atoms with Crippen LogP contribution in [0.25, 0.3) is 0 Å². The topological polar surface area (TPSA) is 48.0 Å². The predicted octanol–water partition coefficient (Wildman–Crippen LogP) is 3.02. The number of benzene rings is 1. The maximum Gasteiger partial charge on any atom is 0.415 e. The van der Waals surface area contributed by atoms with Crippen LogP contribution in [0.2, 0.25) is 0 Å². The normalized spacial score (nSPS) is 27.7. The number of nitrogens with zero attached hydrogens (tertiary/aromatic N) is 1. The van der Waals surface area contributed by atoms with E-state index in [1.54, 1.807) is 4.90 Å². The smallest absolute Gasteiger partial charge is 0.415 e. The zero-order valence-electron chi connectivity index (χ0n) is 12.2. The average molecular weight is 289 g/mol. The van der Waals surface area contributed by atoms with Crippen molar-refractivity contribution in [3.05, 3.63) is 47.7 Å². The molecule has 1 amide bonds. The van der Waals surface area contributed by atoms with E-state index in [0.717, 1.165) is 17.7 Å². The Labute approximate surface area is 124 Å². The number of rotatable bonds is 4. The average Bonchev–Trinajstić information content (AvgIpc) is 2.80. The molecule has 3 rings (SSSR count). The van der Waals surface area contributed by atoms with Gasteiger partial charge in [-0.3, -0.25) is 4.90 Å². The molecule has 112 valence electrons. The second-order valence-electron chi connectivity index (χ2n) is 5.17. The molecule has 1 aromatic rings. The number of ether oxygens (including phenoxy) is 3. The van der Waals surface area contributed by atoms with Gasteiger partial charge >= 0.3 is 12.1 Å². The molecule has 2 unspecified atom stereocenters. The molecule has 2 atom stereocenters. The molecular formula is C16H19NO4. The van der Waals surface area contributed by atoms with Gasteiger partial charge in [0.05, 0.1) is 5.76 Å². The number of amides is 1. The SMILES string of the molecule is CCC1=CCC2N(Cc3ccccc3)C(=O)OC2(OC)O1. The molecule has 5 nitrogen and oxygen atoms in total. The second-order valence-corrected chi connectivity index (χ2v) is 5.17. The molecule has 2 heterocycles. The number of fused-ring (bicyclic) bond motifs is 1. The highest BCUT2D eigenvalue weighted by molar-refractivity contribution is 5.71. The number of carbonyl (C=O) groups excluding carboxylic acids is 1. The van der Waals surface area contributed by atoms with E-state index in [2.05, 4.69) is 0 Å². The first-order valence-corrected chi connectivity index (χ1v) is 7.15. The van der Waals surface area contributed by atoms with Gasteiger partial charge in [-0.2, -0.15) is 0 Å². The van der Waals surface area contributed by atoms with Crippen LogP contribution < -0.4 is 0 Å². The van der Waals surface area contributed by atoms with E-state index in [1.807, 2.05) is 43.3 Å². The molecular weight excluding hydrogens is 270 g/mol. The van der Waals surface area contributed by atoms with E-state index in [0.29, 0.717) is 13.0 Å². The fraction of sp³-hybridized carbons (Fsp3) is 0.438. The van der Waals surface area contributed by atoms with Crippen molar-refractivity contribution >= 4 is 6.09 Å². The Balaban J connectivity index is 1.86. The van der Waals surface area contributed by atoms with Gasteiger partial charge in [-0.1, -0.05) is 37.3 Å². The second kappa shape index (κ2) is 5.41. The van der Waals surface area contributed by atoms with Crippen LogP contribution in [0.4, 0.5) is 4.79 Å². The summed E-state index contributed by atoms with van der Waals surface area (Å²) in [4.78, 5) is 13.9. The predicted molar refractivity (Wildman–Crippen MR) is 76.1 cm³/mol. The summed E-state index contributed by atoms with van der Waals surface area (Å²) in [7, 11) is 1.50. The highest BCUT2D eigenvalue weighted by Crippen LogP contribution is 2.40. The fourth-order valence-corrected chi connectivity index (χ4v) is 2.79. The van der Waals surface area contributed by atoms with Crippen LogP contribution in [0.1, 0.15) is 25.3 Å². The molecule has 0 aliphatic carbocycles. The Bertz CT molecular complexity index is 557. The molecule has 0 N–H and O–H groups in total. The molecule has 1 aromatic carbocycles. The summed E-state index contributed by atoms with van der Waals surface area (Å²) in [6.45, 7) is 2.47. The maximum atomic E-state index is 12.2. The number of methoxy groups -OCH3 is 1. The van der Waals surface area contributed by atoms with E-state index in [1.165, 1.54) is 7.11 Å². The summed E-state index contributed by atoms with van der Waals surface area (Å²) in [6, 6.07) is 9.55. The third-order valence-corrected chi connectivity index (χ3v) is 3.92. The highest BCUT2D eigenvalue weighted by Gasteiger charge is 2.58. The summed E-state index contributed by atoms with van der Waals surface area (Å²) in [6.07, 6.45) is 3.00. The van der Waals surface area contributed by atoms with E-state index in [9.17, 15) is 4.79 Å². The third kappa shape index (κ3) is 2.38. The van der Waals surface area contributed by atoms with Crippen molar-refractivity contribution in [3.8, 4) is 0 Å². The maximum absolute atomic E-state index is 12.2. The number of allylic oxidation sites excluding steroid dienone is 1. The van der Waals surface area contributed by atoms with Gasteiger partial charge < -0.3 is 14.2 Å². The minimum Gasteiger partial charge on any atom is -0.433 e. The highest BCUT2D eigenvalue weighted by atomic mass is 16.9. The molecule has 0 saturated carbocycles. The van der Waals surface area contributed by atoms with Crippen LogP contribution in [0.5, 0.6) is 0 Å². The zero-order valence-corrected chi connectivity index (χ0v) is 12.2. The number of hydrogen-bond acceptors (Lipinski definition) is 4. The molecule has 2 aliphatic rings. The van der Waals surface area contributed by atoms with E-state index >= 15 is 0 Å². The standard InChI is InChI=1S/C16H19NO4/c1-3-13-9-10-14-16(19-2,20-13)21-15(18)17(14)11-12-7-5-4-6-8-12/h4-9,14H,3,10-11H2,1-2H3. The molecule has 1 fully saturated rings. The Morgan fingerprint density at radius 1 is 1.33 bits per heavy atom. The largest absolute Gasteiger partial charge is 0.433 e. The van der Waals surface area contributed by atoms with Gasteiger partial charge in [0.15, 0.2) is 0 Å². The van der Waals surface area contributed by atoms with Crippen LogP contribution in [0.15, 0.2) is 42.2 Å². The number of carbonyl (C=O) groups is 1. The molecule has 0 spiro atoms. The Morgan fingerprint density at radius 2 is 2.10 bits per heavy atom. The molecule has 2 aliphatic heterocycles. The summed E-state index contributed by atoms with van der Waals surface area (Å²) in [5.41, 5.74) is 1.05. The minimum absolute atomic E-state index is 0.273. The summed E-state index contributed by atoms with van der Waals surface area (Å²) < 4.78 is 16.6. The van der Waals surface area contributed by atoms with Crippen LogP contribution in [0, 0.1) is 0 Å². The monoisotopic (exact) mass is 289 g/mol.